The lowest BCUT2D eigenvalue weighted by atomic mass is 10.2. The Morgan fingerprint density at radius 1 is 0.750 bits per heavy atom. The topological polar surface area (TPSA) is 58.2 Å². The van der Waals surface area contributed by atoms with Crippen LogP contribution in [0.25, 0.3) is 0 Å². The number of rotatable bonds is 5. The standard InChI is InChI=1S/C19H18N2O2S/c1-15-14-18(24(22,23)21-17-10-6-3-7-11-17)12-13-19(15)20-16-8-4-2-5-9-16/h2-14,20-21H,1H3. The van der Waals surface area contributed by atoms with Crippen LogP contribution in [0.3, 0.4) is 0 Å². The van der Waals surface area contributed by atoms with E-state index in [1.807, 2.05) is 43.3 Å². The van der Waals surface area contributed by atoms with Gasteiger partial charge in [0.25, 0.3) is 10.0 Å². The van der Waals surface area contributed by atoms with E-state index >= 15 is 0 Å². The van der Waals surface area contributed by atoms with Crippen LogP contribution in [0.15, 0.2) is 83.8 Å². The van der Waals surface area contributed by atoms with E-state index in [2.05, 4.69) is 10.0 Å². The normalized spacial score (nSPS) is 11.0. The molecule has 0 atom stereocenters. The maximum absolute atomic E-state index is 12.5. The first-order chi connectivity index (χ1) is 11.5. The first kappa shape index (κ1) is 16.1. The van der Waals surface area contributed by atoms with Gasteiger partial charge in [-0.1, -0.05) is 36.4 Å². The molecule has 0 aliphatic carbocycles. The van der Waals surface area contributed by atoms with Gasteiger partial charge in [-0.05, 0) is 55.0 Å². The van der Waals surface area contributed by atoms with Crippen molar-refractivity contribution in [2.45, 2.75) is 11.8 Å². The number of para-hydroxylation sites is 2. The first-order valence-corrected chi connectivity index (χ1v) is 9.03. The van der Waals surface area contributed by atoms with E-state index in [0.29, 0.717) is 5.69 Å². The van der Waals surface area contributed by atoms with Crippen molar-refractivity contribution < 1.29 is 8.42 Å². The molecular weight excluding hydrogens is 320 g/mol. The third-order valence-corrected chi connectivity index (χ3v) is 4.97. The minimum Gasteiger partial charge on any atom is -0.355 e. The van der Waals surface area contributed by atoms with Crippen LogP contribution in [-0.2, 0) is 10.0 Å². The summed E-state index contributed by atoms with van der Waals surface area (Å²) in [4.78, 5) is 0.238. The molecule has 0 aromatic heterocycles. The summed E-state index contributed by atoms with van der Waals surface area (Å²) in [7, 11) is -3.60. The molecule has 0 unspecified atom stereocenters. The summed E-state index contributed by atoms with van der Waals surface area (Å²) < 4.78 is 27.6. The van der Waals surface area contributed by atoms with Gasteiger partial charge in [0.2, 0.25) is 0 Å². The second kappa shape index (κ2) is 6.76. The quantitative estimate of drug-likeness (QED) is 0.718. The Labute approximate surface area is 142 Å². The maximum Gasteiger partial charge on any atom is 0.261 e. The van der Waals surface area contributed by atoms with Crippen molar-refractivity contribution in [2.24, 2.45) is 0 Å². The zero-order valence-corrected chi connectivity index (χ0v) is 14.0. The molecule has 0 spiro atoms. The smallest absolute Gasteiger partial charge is 0.261 e. The Balaban J connectivity index is 1.83. The predicted molar refractivity (Wildman–Crippen MR) is 98.2 cm³/mol. The van der Waals surface area contributed by atoms with Crippen molar-refractivity contribution in [3.8, 4) is 0 Å². The van der Waals surface area contributed by atoms with Crippen LogP contribution in [0.5, 0.6) is 0 Å². The van der Waals surface area contributed by atoms with Gasteiger partial charge in [-0.3, -0.25) is 4.72 Å². The lowest BCUT2D eigenvalue weighted by molar-refractivity contribution is 0.601. The number of nitrogens with one attached hydrogen (secondary N) is 2. The van der Waals surface area contributed by atoms with E-state index in [0.717, 1.165) is 16.9 Å². The van der Waals surface area contributed by atoms with E-state index in [-0.39, 0.29) is 4.90 Å². The molecule has 4 nitrogen and oxygen atoms in total. The van der Waals surface area contributed by atoms with Gasteiger partial charge in [0.05, 0.1) is 4.90 Å². The third-order valence-electron chi connectivity index (χ3n) is 3.59. The molecule has 3 aromatic carbocycles. The molecule has 24 heavy (non-hydrogen) atoms. The van der Waals surface area contributed by atoms with E-state index in [9.17, 15) is 8.42 Å². The van der Waals surface area contributed by atoms with Gasteiger partial charge in [0, 0.05) is 17.1 Å². The Morgan fingerprint density at radius 2 is 1.33 bits per heavy atom. The molecule has 0 bridgehead atoms. The third kappa shape index (κ3) is 3.75. The lowest BCUT2D eigenvalue weighted by Gasteiger charge is -2.12. The minimum atomic E-state index is -3.60. The molecular formula is C19H18N2O2S. The van der Waals surface area contributed by atoms with Crippen LogP contribution >= 0.6 is 0 Å². The van der Waals surface area contributed by atoms with E-state index in [1.165, 1.54) is 0 Å². The molecule has 3 rings (SSSR count). The van der Waals surface area contributed by atoms with Gasteiger partial charge in [-0.25, -0.2) is 8.42 Å². The number of hydrogen-bond acceptors (Lipinski definition) is 3. The molecule has 0 aliphatic rings. The van der Waals surface area contributed by atoms with Gasteiger partial charge in [0.15, 0.2) is 0 Å². The molecule has 2 N–H and O–H groups in total. The Bertz CT molecular complexity index is 924. The highest BCUT2D eigenvalue weighted by Gasteiger charge is 2.15. The summed E-state index contributed by atoms with van der Waals surface area (Å²) in [6.07, 6.45) is 0. The molecule has 0 amide bonds. The Kier molecular flexibility index (Phi) is 4.53. The van der Waals surface area contributed by atoms with Crippen molar-refractivity contribution in [3.05, 3.63) is 84.4 Å². The number of anilines is 3. The van der Waals surface area contributed by atoms with Gasteiger partial charge < -0.3 is 5.32 Å². The van der Waals surface area contributed by atoms with E-state index < -0.39 is 10.0 Å². The molecule has 5 heteroatoms. The van der Waals surface area contributed by atoms with E-state index in [1.54, 1.807) is 42.5 Å². The highest BCUT2D eigenvalue weighted by atomic mass is 32.2. The van der Waals surface area contributed by atoms with Crippen LogP contribution in [0.1, 0.15) is 5.56 Å². The summed E-state index contributed by atoms with van der Waals surface area (Å²) in [6.45, 7) is 1.88. The Morgan fingerprint density at radius 3 is 1.92 bits per heavy atom. The number of hydrogen-bond donors (Lipinski definition) is 2. The van der Waals surface area contributed by atoms with Gasteiger partial charge in [-0.2, -0.15) is 0 Å². The summed E-state index contributed by atoms with van der Waals surface area (Å²) in [5.41, 5.74) is 3.23. The predicted octanol–water partition coefficient (Wildman–Crippen LogP) is 4.54. The van der Waals surface area contributed by atoms with Crippen LogP contribution < -0.4 is 10.0 Å². The minimum absolute atomic E-state index is 0.238. The van der Waals surface area contributed by atoms with Crippen molar-refractivity contribution in [3.63, 3.8) is 0 Å². The number of benzene rings is 3. The molecule has 0 heterocycles. The lowest BCUT2D eigenvalue weighted by Crippen LogP contribution is -2.13. The van der Waals surface area contributed by atoms with Crippen LogP contribution in [0.4, 0.5) is 17.1 Å². The summed E-state index contributed by atoms with van der Waals surface area (Å²) in [5, 5.41) is 3.29. The average molecular weight is 338 g/mol. The maximum atomic E-state index is 12.5. The highest BCUT2D eigenvalue weighted by molar-refractivity contribution is 7.92. The van der Waals surface area contributed by atoms with Gasteiger partial charge in [-0.15, -0.1) is 0 Å². The fraction of sp³-hybridized carbons (Fsp3) is 0.0526. The zero-order valence-electron chi connectivity index (χ0n) is 13.2. The molecule has 122 valence electrons. The van der Waals surface area contributed by atoms with Crippen molar-refractivity contribution in [2.75, 3.05) is 10.0 Å². The average Bonchev–Trinajstić information content (AvgIpc) is 2.58. The second-order valence-corrected chi connectivity index (χ2v) is 7.12. The fourth-order valence-corrected chi connectivity index (χ4v) is 3.48. The zero-order chi connectivity index (χ0) is 17.0. The molecule has 0 radical (unpaired) electrons. The molecule has 0 saturated heterocycles. The SMILES string of the molecule is Cc1cc(S(=O)(=O)Nc2ccccc2)ccc1Nc1ccccc1. The highest BCUT2D eigenvalue weighted by Crippen LogP contribution is 2.24. The van der Waals surface area contributed by atoms with Crippen molar-refractivity contribution >= 4 is 27.1 Å². The van der Waals surface area contributed by atoms with Crippen LogP contribution in [0.2, 0.25) is 0 Å². The van der Waals surface area contributed by atoms with E-state index in [4.69, 9.17) is 0 Å². The van der Waals surface area contributed by atoms with Crippen molar-refractivity contribution in [1.29, 1.82) is 0 Å². The molecule has 0 aliphatic heterocycles. The molecule has 3 aromatic rings. The Hall–Kier alpha value is -2.79. The van der Waals surface area contributed by atoms with Crippen LogP contribution in [-0.4, -0.2) is 8.42 Å². The largest absolute Gasteiger partial charge is 0.355 e. The van der Waals surface area contributed by atoms with Gasteiger partial charge >= 0.3 is 0 Å². The number of sulfonamides is 1. The second-order valence-electron chi connectivity index (χ2n) is 5.44. The van der Waals surface area contributed by atoms with Gasteiger partial charge in [0.1, 0.15) is 0 Å². The fourth-order valence-electron chi connectivity index (χ4n) is 2.34. The molecule has 0 saturated carbocycles. The monoisotopic (exact) mass is 338 g/mol. The molecule has 0 fully saturated rings. The summed E-state index contributed by atoms with van der Waals surface area (Å²) >= 11 is 0. The van der Waals surface area contributed by atoms with Crippen molar-refractivity contribution in [1.82, 2.24) is 0 Å². The summed E-state index contributed by atoms with van der Waals surface area (Å²) in [6, 6.07) is 23.6. The van der Waals surface area contributed by atoms with Crippen LogP contribution in [0, 0.1) is 6.92 Å². The first-order valence-electron chi connectivity index (χ1n) is 7.55. The number of aryl methyl sites for hydroxylation is 1. The summed E-state index contributed by atoms with van der Waals surface area (Å²) in [5.74, 6) is 0.